The molecule has 1 aromatic carbocycles. The minimum Gasteiger partial charge on any atom is -0.481 e. The van der Waals surface area contributed by atoms with Crippen LogP contribution in [0.4, 0.5) is 5.69 Å². The molecule has 0 fully saturated rings. The molecule has 0 bridgehead atoms. The first kappa shape index (κ1) is 14.7. The van der Waals surface area contributed by atoms with E-state index in [1.165, 1.54) is 12.1 Å². The first-order valence-corrected chi connectivity index (χ1v) is 6.33. The number of benzene rings is 1. The first-order valence-electron chi connectivity index (χ1n) is 6.33. The van der Waals surface area contributed by atoms with Gasteiger partial charge in [0.15, 0.2) is 0 Å². The van der Waals surface area contributed by atoms with Crippen LogP contribution in [0, 0.1) is 30.9 Å². The van der Waals surface area contributed by atoms with Crippen molar-refractivity contribution in [1.29, 1.82) is 0 Å². The molecule has 21 heavy (non-hydrogen) atoms. The van der Waals surface area contributed by atoms with E-state index in [1.807, 2.05) is 6.92 Å². The number of rotatable bonds is 4. The first-order chi connectivity index (χ1) is 9.81. The van der Waals surface area contributed by atoms with E-state index < -0.39 is 10.9 Å². The van der Waals surface area contributed by atoms with Crippen LogP contribution in [-0.4, -0.2) is 25.8 Å². The van der Waals surface area contributed by atoms with Crippen LogP contribution in [0.1, 0.15) is 22.5 Å². The third-order valence-corrected chi connectivity index (χ3v) is 3.40. The fraction of sp³-hybridized carbons (Fsp3) is 0.286. The molecule has 7 heteroatoms. The van der Waals surface area contributed by atoms with Crippen molar-refractivity contribution in [3.63, 3.8) is 0 Å². The Morgan fingerprint density at radius 1 is 1.38 bits per heavy atom. The van der Waals surface area contributed by atoms with E-state index in [1.54, 1.807) is 24.6 Å². The van der Waals surface area contributed by atoms with Gasteiger partial charge in [0.2, 0.25) is 0 Å². The number of non-ortho nitro benzene ring substituents is 1. The zero-order chi connectivity index (χ0) is 15.7. The Hall–Kier alpha value is -2.70. The van der Waals surface area contributed by atoms with E-state index in [2.05, 4.69) is 5.10 Å². The van der Waals surface area contributed by atoms with Gasteiger partial charge in [0.25, 0.3) is 5.69 Å². The van der Waals surface area contributed by atoms with Crippen molar-refractivity contribution in [3.05, 3.63) is 50.8 Å². The third-order valence-electron chi connectivity index (χ3n) is 3.40. The van der Waals surface area contributed by atoms with Crippen molar-refractivity contribution >= 4 is 11.7 Å². The normalized spacial score (nSPS) is 10.6. The summed E-state index contributed by atoms with van der Waals surface area (Å²) in [7, 11) is 0. The fourth-order valence-corrected chi connectivity index (χ4v) is 2.26. The minimum absolute atomic E-state index is 0.0251. The third kappa shape index (κ3) is 2.76. The number of aromatic nitrogens is 2. The Morgan fingerprint density at radius 3 is 2.62 bits per heavy atom. The Labute approximate surface area is 121 Å². The number of nitro groups is 1. The van der Waals surface area contributed by atoms with E-state index in [-0.39, 0.29) is 12.1 Å². The number of hydrogen-bond donors (Lipinski definition) is 1. The molecule has 2 rings (SSSR count). The molecular weight excluding hydrogens is 274 g/mol. The van der Waals surface area contributed by atoms with Crippen LogP contribution in [0.2, 0.25) is 0 Å². The van der Waals surface area contributed by atoms with Gasteiger partial charge in [0.05, 0.1) is 22.7 Å². The molecule has 0 aliphatic rings. The van der Waals surface area contributed by atoms with E-state index >= 15 is 0 Å². The van der Waals surface area contributed by atoms with Crippen molar-refractivity contribution in [2.75, 3.05) is 0 Å². The second kappa shape index (κ2) is 5.35. The molecule has 0 saturated carbocycles. The molecule has 0 saturated heterocycles. The predicted molar refractivity (Wildman–Crippen MR) is 75.8 cm³/mol. The number of carboxylic acid groups (broad SMARTS) is 1. The van der Waals surface area contributed by atoms with Crippen LogP contribution < -0.4 is 0 Å². The highest BCUT2D eigenvalue weighted by Crippen LogP contribution is 2.24. The molecule has 110 valence electrons. The SMILES string of the molecule is Cc1ccc([N+](=O)[O-])cc1-n1nc(C)c(CC(=O)O)c1C. The van der Waals surface area contributed by atoms with Crippen molar-refractivity contribution in [2.24, 2.45) is 0 Å². The van der Waals surface area contributed by atoms with Crippen LogP contribution in [0.3, 0.4) is 0 Å². The van der Waals surface area contributed by atoms with Crippen LogP contribution in [0.5, 0.6) is 0 Å². The van der Waals surface area contributed by atoms with Crippen molar-refractivity contribution < 1.29 is 14.8 Å². The lowest BCUT2D eigenvalue weighted by Crippen LogP contribution is -2.05. The fourth-order valence-electron chi connectivity index (χ4n) is 2.26. The summed E-state index contributed by atoms with van der Waals surface area (Å²) in [4.78, 5) is 21.3. The molecule has 0 aliphatic carbocycles. The smallest absolute Gasteiger partial charge is 0.307 e. The molecule has 0 amide bonds. The topological polar surface area (TPSA) is 98.3 Å². The molecule has 1 N–H and O–H groups in total. The Kier molecular flexibility index (Phi) is 3.75. The standard InChI is InChI=1S/C14H15N3O4/c1-8-4-5-11(17(20)21)6-13(8)16-10(3)12(7-14(18)19)9(2)15-16/h4-6H,7H2,1-3H3,(H,18,19). The number of aliphatic carboxylic acids is 1. The lowest BCUT2D eigenvalue weighted by Gasteiger charge is -2.08. The van der Waals surface area contributed by atoms with Gasteiger partial charge >= 0.3 is 5.97 Å². The van der Waals surface area contributed by atoms with Crippen molar-refractivity contribution in [2.45, 2.75) is 27.2 Å². The average molecular weight is 289 g/mol. The quantitative estimate of drug-likeness (QED) is 0.688. The zero-order valence-electron chi connectivity index (χ0n) is 12.0. The molecule has 1 aromatic heterocycles. The molecule has 7 nitrogen and oxygen atoms in total. The number of carbonyl (C=O) groups is 1. The molecule has 0 radical (unpaired) electrons. The Bertz CT molecular complexity index is 734. The van der Waals surface area contributed by atoms with Gasteiger partial charge in [-0.2, -0.15) is 5.10 Å². The second-order valence-corrected chi connectivity index (χ2v) is 4.86. The maximum atomic E-state index is 10.9. The summed E-state index contributed by atoms with van der Waals surface area (Å²) in [6.07, 6.45) is -0.119. The lowest BCUT2D eigenvalue weighted by atomic mass is 10.1. The summed E-state index contributed by atoms with van der Waals surface area (Å²) in [6, 6.07) is 4.53. The summed E-state index contributed by atoms with van der Waals surface area (Å²) < 4.78 is 1.57. The van der Waals surface area contributed by atoms with Crippen LogP contribution in [0.25, 0.3) is 5.69 Å². The molecular formula is C14H15N3O4. The van der Waals surface area contributed by atoms with Gasteiger partial charge in [-0.05, 0) is 26.3 Å². The van der Waals surface area contributed by atoms with Crippen LogP contribution in [0.15, 0.2) is 18.2 Å². The summed E-state index contributed by atoms with van der Waals surface area (Å²) in [5.74, 6) is -0.934. The number of nitrogens with zero attached hydrogens (tertiary/aromatic N) is 3. The number of carboxylic acids is 1. The molecule has 0 aliphatic heterocycles. The number of nitro benzene ring substituents is 1. The molecule has 0 unspecified atom stereocenters. The van der Waals surface area contributed by atoms with E-state index in [4.69, 9.17) is 5.11 Å². The predicted octanol–water partition coefficient (Wildman–Crippen LogP) is 2.33. The summed E-state index contributed by atoms with van der Waals surface area (Å²) in [6.45, 7) is 5.32. The van der Waals surface area contributed by atoms with Gasteiger partial charge < -0.3 is 5.11 Å². The summed E-state index contributed by atoms with van der Waals surface area (Å²) in [5, 5.41) is 24.2. The van der Waals surface area contributed by atoms with Crippen LogP contribution >= 0.6 is 0 Å². The van der Waals surface area contributed by atoms with Crippen molar-refractivity contribution in [3.8, 4) is 5.69 Å². The molecule has 1 heterocycles. The largest absolute Gasteiger partial charge is 0.481 e. The maximum Gasteiger partial charge on any atom is 0.307 e. The van der Waals surface area contributed by atoms with Gasteiger partial charge in [-0.1, -0.05) is 6.07 Å². The van der Waals surface area contributed by atoms with Gasteiger partial charge in [-0.25, -0.2) is 4.68 Å². The van der Waals surface area contributed by atoms with E-state index in [0.717, 1.165) is 5.56 Å². The van der Waals surface area contributed by atoms with Gasteiger partial charge in [0.1, 0.15) is 0 Å². The summed E-state index contributed by atoms with van der Waals surface area (Å²) in [5.41, 5.74) is 3.31. The highest BCUT2D eigenvalue weighted by Gasteiger charge is 2.18. The number of aryl methyl sites for hydroxylation is 2. The zero-order valence-corrected chi connectivity index (χ0v) is 12.0. The second-order valence-electron chi connectivity index (χ2n) is 4.86. The molecule has 2 aromatic rings. The molecule has 0 spiro atoms. The van der Waals surface area contributed by atoms with Crippen molar-refractivity contribution in [1.82, 2.24) is 9.78 Å². The maximum absolute atomic E-state index is 10.9. The lowest BCUT2D eigenvalue weighted by molar-refractivity contribution is -0.384. The monoisotopic (exact) mass is 289 g/mol. The van der Waals surface area contributed by atoms with E-state index in [9.17, 15) is 14.9 Å². The minimum atomic E-state index is -0.934. The van der Waals surface area contributed by atoms with Gasteiger partial charge in [0, 0.05) is 23.4 Å². The highest BCUT2D eigenvalue weighted by molar-refractivity contribution is 5.71. The summed E-state index contributed by atoms with van der Waals surface area (Å²) >= 11 is 0. The van der Waals surface area contributed by atoms with Gasteiger partial charge in [-0.3, -0.25) is 14.9 Å². The van der Waals surface area contributed by atoms with Gasteiger partial charge in [-0.15, -0.1) is 0 Å². The molecule has 0 atom stereocenters. The number of hydrogen-bond acceptors (Lipinski definition) is 4. The Morgan fingerprint density at radius 2 is 2.05 bits per heavy atom. The average Bonchev–Trinajstić information content (AvgIpc) is 2.66. The Balaban J connectivity index is 2.60. The van der Waals surface area contributed by atoms with Crippen LogP contribution in [-0.2, 0) is 11.2 Å². The highest BCUT2D eigenvalue weighted by atomic mass is 16.6. The van der Waals surface area contributed by atoms with E-state index in [0.29, 0.717) is 22.6 Å².